The quantitative estimate of drug-likeness (QED) is 0.919. The van der Waals surface area contributed by atoms with Gasteiger partial charge in [-0.15, -0.1) is 0 Å². The lowest BCUT2D eigenvalue weighted by Gasteiger charge is -2.36. The van der Waals surface area contributed by atoms with E-state index in [9.17, 15) is 4.79 Å². The molecule has 4 heteroatoms. The molecule has 0 radical (unpaired) electrons. The van der Waals surface area contributed by atoms with E-state index in [-0.39, 0.29) is 5.91 Å². The van der Waals surface area contributed by atoms with Crippen molar-refractivity contribution in [3.63, 3.8) is 0 Å². The highest BCUT2D eigenvalue weighted by Gasteiger charge is 2.26. The Morgan fingerprint density at radius 2 is 2.10 bits per heavy atom. The van der Waals surface area contributed by atoms with Crippen molar-refractivity contribution in [2.75, 3.05) is 25.0 Å². The second kappa shape index (κ2) is 6.06. The van der Waals surface area contributed by atoms with Crippen molar-refractivity contribution >= 4 is 11.6 Å². The van der Waals surface area contributed by atoms with Crippen LogP contribution in [-0.2, 0) is 4.79 Å². The van der Waals surface area contributed by atoms with E-state index in [4.69, 9.17) is 5.26 Å². The van der Waals surface area contributed by atoms with Gasteiger partial charge in [0.05, 0.1) is 18.2 Å². The smallest absolute Gasteiger partial charge is 0.238 e. The maximum Gasteiger partial charge on any atom is 0.238 e. The van der Waals surface area contributed by atoms with E-state index in [1.165, 1.54) is 0 Å². The normalized spacial score (nSPS) is 18.2. The van der Waals surface area contributed by atoms with Crippen LogP contribution < -0.4 is 5.32 Å². The number of carbonyl (C=O) groups is 1. The minimum atomic E-state index is -0.0141. The molecule has 20 heavy (non-hydrogen) atoms. The molecule has 1 saturated heterocycles. The molecular formula is C16H21N3O. The largest absolute Gasteiger partial charge is 0.325 e. The maximum atomic E-state index is 12.0. The highest BCUT2D eigenvalue weighted by molar-refractivity contribution is 5.92. The molecule has 4 nitrogen and oxygen atoms in total. The molecule has 0 spiro atoms. The van der Waals surface area contributed by atoms with Gasteiger partial charge in [-0.25, -0.2) is 0 Å². The van der Waals surface area contributed by atoms with Gasteiger partial charge in [-0.3, -0.25) is 9.69 Å². The van der Waals surface area contributed by atoms with Crippen molar-refractivity contribution < 1.29 is 4.79 Å². The van der Waals surface area contributed by atoms with E-state index < -0.39 is 0 Å². The minimum Gasteiger partial charge on any atom is -0.325 e. The summed E-state index contributed by atoms with van der Waals surface area (Å²) in [4.78, 5) is 14.2. The van der Waals surface area contributed by atoms with E-state index >= 15 is 0 Å². The summed E-state index contributed by atoms with van der Waals surface area (Å²) in [5, 5.41) is 11.7. The van der Waals surface area contributed by atoms with Crippen LogP contribution in [0.3, 0.4) is 0 Å². The Hall–Kier alpha value is -1.86. The predicted octanol–water partition coefficient (Wildman–Crippen LogP) is 2.62. The Bertz CT molecular complexity index is 521. The summed E-state index contributed by atoms with van der Waals surface area (Å²) in [5.41, 5.74) is 1.64. The van der Waals surface area contributed by atoms with Gasteiger partial charge in [-0.05, 0) is 49.5 Å². The summed E-state index contributed by atoms with van der Waals surface area (Å²) >= 11 is 0. The molecule has 1 heterocycles. The number of hydrogen-bond donors (Lipinski definition) is 1. The lowest BCUT2D eigenvalue weighted by atomic mass is 9.83. The SMILES string of the molecule is CC1(C)CCN(CC(=O)Nc2cccc(C#N)c2)CC1. The standard InChI is InChI=1S/C16H21N3O/c1-16(2)6-8-19(9-7-16)12-15(20)18-14-5-3-4-13(10-14)11-17/h3-5,10H,6-9,12H2,1-2H3,(H,18,20). The molecule has 1 aliphatic heterocycles. The van der Waals surface area contributed by atoms with Crippen LogP contribution in [0, 0.1) is 16.7 Å². The van der Waals surface area contributed by atoms with Crippen LogP contribution in [-0.4, -0.2) is 30.4 Å². The highest BCUT2D eigenvalue weighted by atomic mass is 16.2. The third-order valence-corrected chi connectivity index (χ3v) is 3.85. The van der Waals surface area contributed by atoms with Crippen LogP contribution in [0.1, 0.15) is 32.3 Å². The number of nitrogens with zero attached hydrogens (tertiary/aromatic N) is 2. The van der Waals surface area contributed by atoms with E-state index in [0.717, 1.165) is 25.9 Å². The van der Waals surface area contributed by atoms with Crippen LogP contribution in [0.4, 0.5) is 5.69 Å². The van der Waals surface area contributed by atoms with Crippen molar-refractivity contribution in [1.29, 1.82) is 5.26 Å². The van der Waals surface area contributed by atoms with Gasteiger partial charge in [0.2, 0.25) is 5.91 Å². The summed E-state index contributed by atoms with van der Waals surface area (Å²) in [6, 6.07) is 9.06. The number of anilines is 1. The molecule has 0 saturated carbocycles. The second-order valence-corrected chi connectivity index (χ2v) is 6.18. The zero-order chi connectivity index (χ0) is 14.6. The highest BCUT2D eigenvalue weighted by Crippen LogP contribution is 2.29. The fourth-order valence-corrected chi connectivity index (χ4v) is 2.39. The molecule has 0 bridgehead atoms. The van der Waals surface area contributed by atoms with E-state index in [1.54, 1.807) is 24.3 Å². The van der Waals surface area contributed by atoms with Crippen molar-refractivity contribution in [3.8, 4) is 6.07 Å². The lowest BCUT2D eigenvalue weighted by Crippen LogP contribution is -2.41. The van der Waals surface area contributed by atoms with Crippen LogP contribution in [0.2, 0.25) is 0 Å². The van der Waals surface area contributed by atoms with Crippen LogP contribution in [0.15, 0.2) is 24.3 Å². The molecule has 0 atom stereocenters. The van der Waals surface area contributed by atoms with Crippen molar-refractivity contribution in [3.05, 3.63) is 29.8 Å². The van der Waals surface area contributed by atoms with Crippen molar-refractivity contribution in [2.24, 2.45) is 5.41 Å². The molecule has 0 unspecified atom stereocenters. The van der Waals surface area contributed by atoms with E-state index in [1.807, 2.05) is 0 Å². The fourth-order valence-electron chi connectivity index (χ4n) is 2.39. The minimum absolute atomic E-state index is 0.0141. The molecule has 106 valence electrons. The molecular weight excluding hydrogens is 250 g/mol. The number of piperidine rings is 1. The number of hydrogen-bond acceptors (Lipinski definition) is 3. The zero-order valence-electron chi connectivity index (χ0n) is 12.1. The first kappa shape index (κ1) is 14.5. The summed E-state index contributed by atoms with van der Waals surface area (Å²) in [5.74, 6) is -0.0141. The number of likely N-dealkylation sites (tertiary alicyclic amines) is 1. The third-order valence-electron chi connectivity index (χ3n) is 3.85. The molecule has 1 amide bonds. The molecule has 1 aromatic rings. The van der Waals surface area contributed by atoms with Crippen LogP contribution in [0.25, 0.3) is 0 Å². The zero-order valence-corrected chi connectivity index (χ0v) is 12.1. The van der Waals surface area contributed by atoms with E-state index in [2.05, 4.69) is 30.1 Å². The molecule has 2 rings (SSSR count). The van der Waals surface area contributed by atoms with Crippen LogP contribution >= 0.6 is 0 Å². The Morgan fingerprint density at radius 3 is 2.75 bits per heavy atom. The monoisotopic (exact) mass is 271 g/mol. The average molecular weight is 271 g/mol. The molecule has 0 aliphatic carbocycles. The predicted molar refractivity (Wildman–Crippen MR) is 79.2 cm³/mol. The first-order valence-corrected chi connectivity index (χ1v) is 7.01. The Labute approximate surface area is 120 Å². The first-order chi connectivity index (χ1) is 9.48. The molecule has 1 aromatic carbocycles. The second-order valence-electron chi connectivity index (χ2n) is 6.18. The van der Waals surface area contributed by atoms with Crippen LogP contribution in [0.5, 0.6) is 0 Å². The third kappa shape index (κ3) is 4.07. The average Bonchev–Trinajstić information content (AvgIpc) is 2.41. The number of nitrogens with one attached hydrogen (secondary N) is 1. The lowest BCUT2D eigenvalue weighted by molar-refractivity contribution is -0.117. The molecule has 1 N–H and O–H groups in total. The van der Waals surface area contributed by atoms with Gasteiger partial charge in [-0.2, -0.15) is 5.26 Å². The van der Waals surface area contributed by atoms with Crippen molar-refractivity contribution in [1.82, 2.24) is 4.90 Å². The first-order valence-electron chi connectivity index (χ1n) is 7.01. The maximum absolute atomic E-state index is 12.0. The van der Waals surface area contributed by atoms with Gasteiger partial charge in [0.25, 0.3) is 0 Å². The summed E-state index contributed by atoms with van der Waals surface area (Å²) < 4.78 is 0. The summed E-state index contributed by atoms with van der Waals surface area (Å²) in [6.07, 6.45) is 2.26. The van der Waals surface area contributed by atoms with Gasteiger partial charge < -0.3 is 5.32 Å². The topological polar surface area (TPSA) is 56.1 Å². The molecule has 0 aromatic heterocycles. The van der Waals surface area contributed by atoms with E-state index in [0.29, 0.717) is 23.2 Å². The number of carbonyl (C=O) groups excluding carboxylic acids is 1. The van der Waals surface area contributed by atoms with Gasteiger partial charge in [0, 0.05) is 5.69 Å². The number of rotatable bonds is 3. The Kier molecular flexibility index (Phi) is 4.41. The fraction of sp³-hybridized carbons (Fsp3) is 0.500. The number of amides is 1. The van der Waals surface area contributed by atoms with Gasteiger partial charge in [0.15, 0.2) is 0 Å². The summed E-state index contributed by atoms with van der Waals surface area (Å²) in [7, 11) is 0. The molecule has 1 aliphatic rings. The van der Waals surface area contributed by atoms with Gasteiger partial charge >= 0.3 is 0 Å². The Balaban J connectivity index is 1.85. The Morgan fingerprint density at radius 1 is 1.40 bits per heavy atom. The van der Waals surface area contributed by atoms with Crippen molar-refractivity contribution in [2.45, 2.75) is 26.7 Å². The molecule has 1 fully saturated rings. The van der Waals surface area contributed by atoms with Gasteiger partial charge in [-0.1, -0.05) is 19.9 Å². The number of nitriles is 1. The summed E-state index contributed by atoms with van der Waals surface area (Å²) in [6.45, 7) is 6.92. The number of benzene rings is 1. The van der Waals surface area contributed by atoms with Gasteiger partial charge in [0.1, 0.15) is 0 Å².